The van der Waals surface area contributed by atoms with Crippen molar-refractivity contribution in [3.05, 3.63) is 22.2 Å². The second-order valence-corrected chi connectivity index (χ2v) is 5.19. The molecule has 1 aromatic carbocycles. The third kappa shape index (κ3) is 4.40. The Kier molecular flexibility index (Phi) is 7.27. The molecule has 0 heterocycles. The second-order valence-electron chi connectivity index (χ2n) is 3.52. The lowest BCUT2D eigenvalue weighted by molar-refractivity contribution is 0.0521. The van der Waals surface area contributed by atoms with Crippen LogP contribution in [0.1, 0.15) is 17.3 Å². The normalized spacial score (nSPS) is 10.3. The van der Waals surface area contributed by atoms with Gasteiger partial charge in [0.25, 0.3) is 0 Å². The molecule has 106 valence electrons. The molecule has 0 saturated carbocycles. The number of thioether (sulfide) groups is 1. The van der Waals surface area contributed by atoms with Gasteiger partial charge in [0.15, 0.2) is 0 Å². The first-order chi connectivity index (χ1) is 9.15. The van der Waals surface area contributed by atoms with E-state index in [1.54, 1.807) is 26.2 Å². The highest BCUT2D eigenvalue weighted by Gasteiger charge is 2.19. The molecule has 4 nitrogen and oxygen atoms in total. The van der Waals surface area contributed by atoms with Crippen molar-refractivity contribution in [2.24, 2.45) is 0 Å². The molecule has 0 aliphatic heterocycles. The van der Waals surface area contributed by atoms with Gasteiger partial charge in [-0.1, -0.05) is 0 Å². The van der Waals surface area contributed by atoms with Gasteiger partial charge < -0.3 is 14.2 Å². The minimum atomic E-state index is -0.337. The zero-order valence-electron chi connectivity index (χ0n) is 11.2. The summed E-state index contributed by atoms with van der Waals surface area (Å²) in [6.07, 6.45) is 1.90. The van der Waals surface area contributed by atoms with Crippen molar-refractivity contribution in [1.29, 1.82) is 0 Å². The molecule has 0 unspecified atom stereocenters. The molecule has 0 radical (unpaired) electrons. The van der Waals surface area contributed by atoms with Crippen LogP contribution in [0.5, 0.6) is 5.75 Å². The fourth-order valence-corrected chi connectivity index (χ4v) is 2.77. The number of methoxy groups -OCH3 is 1. The third-order valence-electron chi connectivity index (χ3n) is 2.30. The number of carbonyl (C=O) groups is 1. The van der Waals surface area contributed by atoms with Crippen LogP contribution in [-0.2, 0) is 9.47 Å². The van der Waals surface area contributed by atoms with Gasteiger partial charge in [0.05, 0.1) is 28.1 Å². The molecular formula is C13H17BrO4S. The number of benzene rings is 1. The van der Waals surface area contributed by atoms with E-state index in [0.29, 0.717) is 31.1 Å². The second kappa shape index (κ2) is 8.45. The maximum Gasteiger partial charge on any atom is 0.339 e. The molecule has 0 fully saturated rings. The number of esters is 1. The first-order valence-electron chi connectivity index (χ1n) is 5.81. The Morgan fingerprint density at radius 1 is 1.37 bits per heavy atom. The molecule has 0 spiro atoms. The summed E-state index contributed by atoms with van der Waals surface area (Å²) >= 11 is 4.88. The summed E-state index contributed by atoms with van der Waals surface area (Å²) in [4.78, 5) is 12.7. The molecule has 0 atom stereocenters. The first kappa shape index (κ1) is 16.3. The predicted molar refractivity (Wildman–Crippen MR) is 79.3 cm³/mol. The SMILES string of the molecule is CCOC(=O)c1ccc(Br)c(OCCOC)c1SC. The van der Waals surface area contributed by atoms with E-state index in [1.165, 1.54) is 11.8 Å². The summed E-state index contributed by atoms with van der Waals surface area (Å²) in [5.74, 6) is 0.311. The quantitative estimate of drug-likeness (QED) is 0.429. The number of carbonyl (C=O) groups excluding carboxylic acids is 1. The molecule has 6 heteroatoms. The fraction of sp³-hybridized carbons (Fsp3) is 0.462. The highest BCUT2D eigenvalue weighted by atomic mass is 79.9. The van der Waals surface area contributed by atoms with Crippen LogP contribution in [-0.4, -0.2) is 39.2 Å². The van der Waals surface area contributed by atoms with Crippen molar-refractivity contribution >= 4 is 33.7 Å². The summed E-state index contributed by atoms with van der Waals surface area (Å²) in [7, 11) is 1.61. The lowest BCUT2D eigenvalue weighted by Crippen LogP contribution is -2.10. The topological polar surface area (TPSA) is 44.8 Å². The molecule has 0 N–H and O–H groups in total. The van der Waals surface area contributed by atoms with Crippen molar-refractivity contribution in [3.8, 4) is 5.75 Å². The van der Waals surface area contributed by atoms with Crippen LogP contribution >= 0.6 is 27.7 Å². The van der Waals surface area contributed by atoms with Crippen LogP contribution in [0.3, 0.4) is 0 Å². The number of hydrogen-bond donors (Lipinski definition) is 0. The lowest BCUT2D eigenvalue weighted by atomic mass is 10.2. The monoisotopic (exact) mass is 348 g/mol. The summed E-state index contributed by atoms with van der Waals surface area (Å²) in [5, 5.41) is 0. The molecule has 0 bridgehead atoms. The van der Waals surface area contributed by atoms with Crippen LogP contribution in [0.15, 0.2) is 21.5 Å². The Balaban J connectivity index is 3.06. The highest BCUT2D eigenvalue weighted by molar-refractivity contribution is 9.10. The maximum absolute atomic E-state index is 11.9. The first-order valence-corrected chi connectivity index (χ1v) is 7.82. The van der Waals surface area contributed by atoms with E-state index in [1.807, 2.05) is 6.26 Å². The van der Waals surface area contributed by atoms with Crippen LogP contribution in [0.25, 0.3) is 0 Å². The molecule has 19 heavy (non-hydrogen) atoms. The van der Waals surface area contributed by atoms with Gasteiger partial charge >= 0.3 is 5.97 Å². The van der Waals surface area contributed by atoms with Crippen LogP contribution in [0.4, 0.5) is 0 Å². The van der Waals surface area contributed by atoms with Crippen molar-refractivity contribution in [2.75, 3.05) is 33.2 Å². The Morgan fingerprint density at radius 3 is 2.68 bits per heavy atom. The zero-order valence-corrected chi connectivity index (χ0v) is 13.6. The van der Waals surface area contributed by atoms with E-state index >= 15 is 0 Å². The van der Waals surface area contributed by atoms with E-state index in [9.17, 15) is 4.79 Å². The third-order valence-corrected chi connectivity index (χ3v) is 3.74. The predicted octanol–water partition coefficient (Wildman–Crippen LogP) is 3.37. The largest absolute Gasteiger partial charge is 0.489 e. The van der Waals surface area contributed by atoms with Gasteiger partial charge in [-0.05, 0) is 41.2 Å². The standard InChI is InChI=1S/C13H17BrO4S/c1-4-17-13(15)9-5-6-10(14)11(12(9)19-3)18-8-7-16-2/h5-6H,4,7-8H2,1-3H3. The van der Waals surface area contributed by atoms with Gasteiger partial charge in [0, 0.05) is 7.11 Å². The van der Waals surface area contributed by atoms with Gasteiger partial charge in [-0.15, -0.1) is 11.8 Å². The average Bonchev–Trinajstić information content (AvgIpc) is 2.40. The van der Waals surface area contributed by atoms with Crippen molar-refractivity contribution in [1.82, 2.24) is 0 Å². The van der Waals surface area contributed by atoms with E-state index in [-0.39, 0.29) is 5.97 Å². The molecule has 1 rings (SSSR count). The Hall–Kier alpha value is -0.720. The average molecular weight is 349 g/mol. The molecule has 0 saturated heterocycles. The summed E-state index contributed by atoms with van der Waals surface area (Å²) < 4.78 is 16.5. The zero-order chi connectivity index (χ0) is 14.3. The Bertz CT molecular complexity index is 437. The molecular weight excluding hydrogens is 332 g/mol. The fourth-order valence-electron chi connectivity index (χ4n) is 1.47. The molecule has 0 aromatic heterocycles. The van der Waals surface area contributed by atoms with Gasteiger partial charge in [0.1, 0.15) is 12.4 Å². The van der Waals surface area contributed by atoms with Crippen LogP contribution in [0.2, 0.25) is 0 Å². The summed E-state index contributed by atoms with van der Waals surface area (Å²) in [5.41, 5.74) is 0.518. The van der Waals surface area contributed by atoms with Crippen molar-refractivity contribution in [2.45, 2.75) is 11.8 Å². The number of ether oxygens (including phenoxy) is 3. The minimum absolute atomic E-state index is 0.337. The minimum Gasteiger partial charge on any atom is -0.489 e. The number of hydrogen-bond acceptors (Lipinski definition) is 5. The van der Waals surface area contributed by atoms with E-state index in [2.05, 4.69) is 15.9 Å². The lowest BCUT2D eigenvalue weighted by Gasteiger charge is -2.15. The molecule has 0 aliphatic carbocycles. The van der Waals surface area contributed by atoms with Gasteiger partial charge in [0.2, 0.25) is 0 Å². The molecule has 0 aliphatic rings. The number of rotatable bonds is 7. The van der Waals surface area contributed by atoms with Crippen molar-refractivity contribution < 1.29 is 19.0 Å². The van der Waals surface area contributed by atoms with Crippen LogP contribution in [0, 0.1) is 0 Å². The Morgan fingerprint density at radius 2 is 2.11 bits per heavy atom. The van der Waals surface area contributed by atoms with E-state index in [0.717, 1.165) is 9.37 Å². The summed E-state index contributed by atoms with van der Waals surface area (Å²) in [6.45, 7) is 3.05. The van der Waals surface area contributed by atoms with Crippen molar-refractivity contribution in [3.63, 3.8) is 0 Å². The smallest absolute Gasteiger partial charge is 0.339 e. The van der Waals surface area contributed by atoms with E-state index in [4.69, 9.17) is 14.2 Å². The Labute approximate surface area is 125 Å². The molecule has 1 aromatic rings. The maximum atomic E-state index is 11.9. The van der Waals surface area contributed by atoms with E-state index < -0.39 is 0 Å². The van der Waals surface area contributed by atoms with Crippen LogP contribution < -0.4 is 4.74 Å². The van der Waals surface area contributed by atoms with Gasteiger partial charge in [-0.3, -0.25) is 0 Å². The number of halogens is 1. The van der Waals surface area contributed by atoms with Gasteiger partial charge in [-0.2, -0.15) is 0 Å². The highest BCUT2D eigenvalue weighted by Crippen LogP contribution is 2.38. The van der Waals surface area contributed by atoms with Gasteiger partial charge in [-0.25, -0.2) is 4.79 Å². The molecule has 0 amide bonds. The summed E-state index contributed by atoms with van der Waals surface area (Å²) in [6, 6.07) is 3.52.